The molecule has 0 saturated heterocycles. The van der Waals surface area contributed by atoms with Gasteiger partial charge in [0.05, 0.1) is 17.7 Å². The molecule has 8 heteroatoms. The molecule has 0 aliphatic carbocycles. The van der Waals surface area contributed by atoms with E-state index < -0.39 is 0 Å². The average Bonchev–Trinajstić information content (AvgIpc) is 3.22. The molecule has 0 aliphatic rings. The molecule has 0 amide bonds. The molecule has 2 heterocycles. The van der Waals surface area contributed by atoms with E-state index in [0.29, 0.717) is 51.8 Å². The summed E-state index contributed by atoms with van der Waals surface area (Å²) in [5.74, 6) is 1.27. The number of nitrogens with one attached hydrogen (secondary N) is 1. The van der Waals surface area contributed by atoms with Crippen molar-refractivity contribution in [1.82, 2.24) is 15.0 Å². The molecule has 0 aliphatic heterocycles. The van der Waals surface area contributed by atoms with Crippen LogP contribution in [0.25, 0.3) is 22.6 Å². The van der Waals surface area contributed by atoms with Gasteiger partial charge in [-0.1, -0.05) is 18.2 Å². The molecule has 1 N–H and O–H groups in total. The summed E-state index contributed by atoms with van der Waals surface area (Å²) in [7, 11) is 1.61. The highest BCUT2D eigenvalue weighted by Crippen LogP contribution is 2.31. The Kier molecular flexibility index (Phi) is 6.29. The quantitative estimate of drug-likeness (QED) is 0.436. The SMILES string of the molecule is COCC(C)Oc1cc(OCc2ccccc2F)cc(-c2nc3ncc(C#N)cc3[nH]2)c1. The lowest BCUT2D eigenvalue weighted by Crippen LogP contribution is -2.18. The number of nitrogens with zero attached hydrogens (tertiary/aromatic N) is 3. The van der Waals surface area contributed by atoms with Gasteiger partial charge in [-0.3, -0.25) is 0 Å². The fourth-order valence-corrected chi connectivity index (χ4v) is 3.24. The first-order chi connectivity index (χ1) is 15.6. The van der Waals surface area contributed by atoms with E-state index in [1.165, 1.54) is 12.3 Å². The van der Waals surface area contributed by atoms with E-state index in [9.17, 15) is 4.39 Å². The van der Waals surface area contributed by atoms with E-state index in [2.05, 4.69) is 21.0 Å². The van der Waals surface area contributed by atoms with Crippen LogP contribution in [0.2, 0.25) is 0 Å². The first kappa shape index (κ1) is 21.3. The van der Waals surface area contributed by atoms with Gasteiger partial charge in [-0.2, -0.15) is 5.26 Å². The second-order valence-electron chi connectivity index (χ2n) is 7.25. The van der Waals surface area contributed by atoms with Gasteiger partial charge in [0.15, 0.2) is 5.65 Å². The monoisotopic (exact) mass is 432 g/mol. The van der Waals surface area contributed by atoms with Crippen molar-refractivity contribution >= 4 is 11.2 Å². The standard InChI is InChI=1S/C24H21FN4O3/c1-15(13-30-2)32-20-9-18(23-28-22-7-16(11-26)12-27-24(22)29-23)8-19(10-20)31-14-17-5-3-4-6-21(17)25/h3-10,12,15H,13-14H2,1-2H3,(H,27,28,29). The minimum absolute atomic E-state index is 0.0659. The highest BCUT2D eigenvalue weighted by Gasteiger charge is 2.13. The smallest absolute Gasteiger partial charge is 0.178 e. The molecule has 4 aromatic rings. The number of hydrogen-bond donors (Lipinski definition) is 1. The van der Waals surface area contributed by atoms with Crippen molar-refractivity contribution in [1.29, 1.82) is 5.26 Å². The van der Waals surface area contributed by atoms with E-state index in [1.807, 2.05) is 13.0 Å². The topological polar surface area (TPSA) is 93.0 Å². The van der Waals surface area contributed by atoms with Gasteiger partial charge in [0, 0.05) is 30.5 Å². The van der Waals surface area contributed by atoms with Crippen molar-refractivity contribution in [2.45, 2.75) is 19.6 Å². The number of aromatic amines is 1. The van der Waals surface area contributed by atoms with Crippen LogP contribution in [0.5, 0.6) is 11.5 Å². The van der Waals surface area contributed by atoms with Crippen molar-refractivity contribution in [2.24, 2.45) is 0 Å². The summed E-state index contributed by atoms with van der Waals surface area (Å²) in [5.41, 5.74) is 2.73. The highest BCUT2D eigenvalue weighted by atomic mass is 19.1. The summed E-state index contributed by atoms with van der Waals surface area (Å²) in [4.78, 5) is 11.9. The molecule has 0 saturated carbocycles. The second kappa shape index (κ2) is 9.45. The third-order valence-electron chi connectivity index (χ3n) is 4.71. The molecular weight excluding hydrogens is 411 g/mol. The number of halogens is 1. The van der Waals surface area contributed by atoms with Gasteiger partial charge in [-0.25, -0.2) is 14.4 Å². The van der Waals surface area contributed by atoms with E-state index in [-0.39, 0.29) is 18.5 Å². The number of methoxy groups -OCH3 is 1. The highest BCUT2D eigenvalue weighted by molar-refractivity contribution is 5.77. The van der Waals surface area contributed by atoms with Crippen LogP contribution in [-0.2, 0) is 11.3 Å². The van der Waals surface area contributed by atoms with E-state index >= 15 is 0 Å². The predicted octanol–water partition coefficient (Wildman–Crippen LogP) is 4.63. The van der Waals surface area contributed by atoms with Crippen molar-refractivity contribution < 1.29 is 18.6 Å². The molecule has 7 nitrogen and oxygen atoms in total. The zero-order chi connectivity index (χ0) is 22.5. The van der Waals surface area contributed by atoms with Crippen LogP contribution in [0, 0.1) is 17.1 Å². The third-order valence-corrected chi connectivity index (χ3v) is 4.71. The number of hydrogen-bond acceptors (Lipinski definition) is 6. The maximum absolute atomic E-state index is 14.0. The number of aromatic nitrogens is 3. The minimum Gasteiger partial charge on any atom is -0.489 e. The first-order valence-electron chi connectivity index (χ1n) is 9.99. The van der Waals surface area contributed by atoms with Crippen molar-refractivity contribution in [3.8, 4) is 29.0 Å². The Morgan fingerprint density at radius 3 is 2.75 bits per heavy atom. The molecule has 2 aromatic carbocycles. The minimum atomic E-state index is -0.328. The Hall–Kier alpha value is -3.96. The molecule has 0 radical (unpaired) electrons. The molecule has 2 aromatic heterocycles. The zero-order valence-corrected chi connectivity index (χ0v) is 17.6. The van der Waals surface area contributed by atoms with Crippen LogP contribution in [-0.4, -0.2) is 34.8 Å². The van der Waals surface area contributed by atoms with Crippen molar-refractivity contribution in [2.75, 3.05) is 13.7 Å². The summed E-state index contributed by atoms with van der Waals surface area (Å²) in [6.45, 7) is 2.38. The van der Waals surface area contributed by atoms with Crippen LogP contribution < -0.4 is 9.47 Å². The average molecular weight is 432 g/mol. The molecule has 1 atom stereocenters. The number of H-pyrrole nitrogens is 1. The fraction of sp³-hybridized carbons (Fsp3) is 0.208. The van der Waals surface area contributed by atoms with Crippen LogP contribution >= 0.6 is 0 Å². The molecule has 162 valence electrons. The number of fused-ring (bicyclic) bond motifs is 1. The summed E-state index contributed by atoms with van der Waals surface area (Å²) in [6.07, 6.45) is 1.28. The lowest BCUT2D eigenvalue weighted by molar-refractivity contribution is 0.0919. The Balaban J connectivity index is 1.68. The van der Waals surface area contributed by atoms with Crippen LogP contribution in [0.1, 0.15) is 18.1 Å². The maximum Gasteiger partial charge on any atom is 0.178 e. The molecule has 1 unspecified atom stereocenters. The maximum atomic E-state index is 14.0. The second-order valence-corrected chi connectivity index (χ2v) is 7.25. The summed E-state index contributed by atoms with van der Waals surface area (Å²) < 4.78 is 31.0. The first-order valence-corrected chi connectivity index (χ1v) is 9.99. The zero-order valence-electron chi connectivity index (χ0n) is 17.6. The summed E-state index contributed by atoms with van der Waals surface area (Å²) in [6, 6.07) is 15.6. The third kappa shape index (κ3) is 4.85. The summed E-state index contributed by atoms with van der Waals surface area (Å²) in [5, 5.41) is 9.10. The predicted molar refractivity (Wildman–Crippen MR) is 117 cm³/mol. The van der Waals surface area contributed by atoms with Gasteiger partial charge in [0.1, 0.15) is 41.9 Å². The van der Waals surface area contributed by atoms with Crippen LogP contribution in [0.15, 0.2) is 54.7 Å². The van der Waals surface area contributed by atoms with Crippen LogP contribution in [0.4, 0.5) is 4.39 Å². The number of ether oxygens (including phenoxy) is 3. The van der Waals surface area contributed by atoms with E-state index in [4.69, 9.17) is 19.5 Å². The Morgan fingerprint density at radius 2 is 1.97 bits per heavy atom. The number of nitriles is 1. The lowest BCUT2D eigenvalue weighted by Gasteiger charge is -2.16. The lowest BCUT2D eigenvalue weighted by atomic mass is 10.2. The number of imidazole rings is 1. The Bertz CT molecular complexity index is 1280. The van der Waals surface area contributed by atoms with Crippen molar-refractivity contribution in [3.63, 3.8) is 0 Å². The van der Waals surface area contributed by atoms with Gasteiger partial charge >= 0.3 is 0 Å². The molecular formula is C24H21FN4O3. The van der Waals surface area contributed by atoms with Gasteiger partial charge in [-0.15, -0.1) is 0 Å². The van der Waals surface area contributed by atoms with Gasteiger partial charge in [-0.05, 0) is 31.2 Å². The number of rotatable bonds is 8. The van der Waals surface area contributed by atoms with Gasteiger partial charge in [0.2, 0.25) is 0 Å². The largest absolute Gasteiger partial charge is 0.489 e. The molecule has 0 fully saturated rings. The molecule has 4 rings (SSSR count). The van der Waals surface area contributed by atoms with Crippen molar-refractivity contribution in [3.05, 3.63) is 71.7 Å². The van der Waals surface area contributed by atoms with Gasteiger partial charge < -0.3 is 19.2 Å². The summed E-state index contributed by atoms with van der Waals surface area (Å²) >= 11 is 0. The normalized spacial score (nSPS) is 11.8. The van der Waals surface area contributed by atoms with Gasteiger partial charge in [0.25, 0.3) is 0 Å². The van der Waals surface area contributed by atoms with Crippen LogP contribution in [0.3, 0.4) is 0 Å². The van der Waals surface area contributed by atoms with E-state index in [1.54, 1.807) is 43.5 Å². The fourth-order valence-electron chi connectivity index (χ4n) is 3.24. The Labute approximate surface area is 184 Å². The number of benzene rings is 2. The molecule has 32 heavy (non-hydrogen) atoms. The Morgan fingerprint density at radius 1 is 1.16 bits per heavy atom. The molecule has 0 bridgehead atoms. The molecule has 0 spiro atoms. The van der Waals surface area contributed by atoms with E-state index in [0.717, 1.165) is 0 Å². The number of pyridine rings is 1.